The Bertz CT molecular complexity index is 362. The summed E-state index contributed by atoms with van der Waals surface area (Å²) in [6, 6.07) is 1.54. The quantitative estimate of drug-likeness (QED) is 0.712. The number of esters is 1. The average molecular weight is 266 g/mol. The number of rotatable bonds is 5. The number of nitriles is 1. The molecule has 0 spiro atoms. The molecule has 106 valence electrons. The predicted molar refractivity (Wildman–Crippen MR) is 70.0 cm³/mol. The minimum Gasteiger partial charge on any atom is -0.464 e. The maximum Gasteiger partial charge on any atom is 0.328 e. The molecule has 19 heavy (non-hydrogen) atoms. The molecule has 1 rings (SSSR count). The fourth-order valence-electron chi connectivity index (χ4n) is 2.41. The maximum absolute atomic E-state index is 12.3. The molecule has 0 N–H and O–H groups in total. The van der Waals surface area contributed by atoms with E-state index in [4.69, 9.17) is 10.00 Å². The van der Waals surface area contributed by atoms with Gasteiger partial charge in [0.2, 0.25) is 5.91 Å². The first-order valence-corrected chi connectivity index (χ1v) is 7.02. The van der Waals surface area contributed by atoms with Crippen LogP contribution in [-0.4, -0.2) is 36.0 Å². The van der Waals surface area contributed by atoms with E-state index in [0.717, 1.165) is 19.3 Å². The monoisotopic (exact) mass is 266 g/mol. The molecule has 1 heterocycles. The van der Waals surface area contributed by atoms with Crippen LogP contribution >= 0.6 is 0 Å². The lowest BCUT2D eigenvalue weighted by atomic mass is 9.97. The van der Waals surface area contributed by atoms with Crippen LogP contribution in [0.2, 0.25) is 0 Å². The minimum atomic E-state index is -0.639. The van der Waals surface area contributed by atoms with Crippen LogP contribution < -0.4 is 0 Å². The summed E-state index contributed by atoms with van der Waals surface area (Å²) in [5, 5.41) is 9.07. The summed E-state index contributed by atoms with van der Waals surface area (Å²) in [5.41, 5.74) is 0. The Morgan fingerprint density at radius 3 is 2.74 bits per heavy atom. The Labute approximate surface area is 114 Å². The van der Waals surface area contributed by atoms with Crippen molar-refractivity contribution in [2.75, 3.05) is 13.2 Å². The smallest absolute Gasteiger partial charge is 0.328 e. The van der Waals surface area contributed by atoms with Gasteiger partial charge in [0.05, 0.1) is 12.7 Å². The molecule has 2 atom stereocenters. The highest BCUT2D eigenvalue weighted by atomic mass is 16.5. The summed E-state index contributed by atoms with van der Waals surface area (Å²) in [4.78, 5) is 25.8. The third-order valence-electron chi connectivity index (χ3n) is 3.38. The second-order valence-corrected chi connectivity index (χ2v) is 4.77. The first kappa shape index (κ1) is 15.5. The lowest BCUT2D eigenvalue weighted by Crippen LogP contribution is -2.50. The van der Waals surface area contributed by atoms with Crippen molar-refractivity contribution in [3.05, 3.63) is 0 Å². The van der Waals surface area contributed by atoms with E-state index in [9.17, 15) is 9.59 Å². The molecule has 0 aliphatic carbocycles. The Morgan fingerprint density at radius 2 is 2.16 bits per heavy atom. The zero-order chi connectivity index (χ0) is 14.3. The van der Waals surface area contributed by atoms with Gasteiger partial charge in [-0.2, -0.15) is 5.26 Å². The van der Waals surface area contributed by atoms with Gasteiger partial charge in [0, 0.05) is 6.54 Å². The van der Waals surface area contributed by atoms with Crippen LogP contribution in [-0.2, 0) is 14.3 Å². The van der Waals surface area contributed by atoms with Crippen molar-refractivity contribution in [1.82, 2.24) is 4.90 Å². The van der Waals surface area contributed by atoms with Crippen molar-refractivity contribution >= 4 is 11.9 Å². The highest BCUT2D eigenvalue weighted by Gasteiger charge is 2.35. The molecule has 0 aromatic carbocycles. The molecule has 0 aromatic heterocycles. The number of ether oxygens (including phenoxy) is 1. The molecule has 1 amide bonds. The largest absolute Gasteiger partial charge is 0.464 e. The van der Waals surface area contributed by atoms with Crippen molar-refractivity contribution in [3.8, 4) is 6.07 Å². The zero-order valence-corrected chi connectivity index (χ0v) is 11.7. The third-order valence-corrected chi connectivity index (χ3v) is 3.38. The van der Waals surface area contributed by atoms with Crippen molar-refractivity contribution in [2.45, 2.75) is 52.0 Å². The lowest BCUT2D eigenvalue weighted by molar-refractivity contribution is -0.157. The summed E-state index contributed by atoms with van der Waals surface area (Å²) in [5.74, 6) is -1.20. The third kappa shape index (κ3) is 3.95. The van der Waals surface area contributed by atoms with E-state index in [1.54, 1.807) is 11.8 Å². The molecule has 5 heteroatoms. The first-order valence-electron chi connectivity index (χ1n) is 7.02. The number of hydrogen-bond donors (Lipinski definition) is 0. The van der Waals surface area contributed by atoms with Gasteiger partial charge in [-0.05, 0) is 32.6 Å². The van der Waals surface area contributed by atoms with Crippen LogP contribution in [0.3, 0.4) is 0 Å². The van der Waals surface area contributed by atoms with E-state index >= 15 is 0 Å². The van der Waals surface area contributed by atoms with Crippen molar-refractivity contribution in [3.63, 3.8) is 0 Å². The van der Waals surface area contributed by atoms with E-state index in [0.29, 0.717) is 26.0 Å². The maximum atomic E-state index is 12.3. The fraction of sp³-hybridized carbons (Fsp3) is 0.786. The van der Waals surface area contributed by atoms with Crippen LogP contribution in [0.5, 0.6) is 0 Å². The van der Waals surface area contributed by atoms with Crippen LogP contribution in [0, 0.1) is 17.2 Å². The second-order valence-electron chi connectivity index (χ2n) is 4.77. The van der Waals surface area contributed by atoms with E-state index in [1.165, 1.54) is 0 Å². The highest BCUT2D eigenvalue weighted by molar-refractivity contribution is 5.87. The van der Waals surface area contributed by atoms with Gasteiger partial charge >= 0.3 is 5.97 Å². The molecular weight excluding hydrogens is 244 g/mol. The van der Waals surface area contributed by atoms with Crippen LogP contribution in [0.1, 0.15) is 46.0 Å². The van der Waals surface area contributed by atoms with Gasteiger partial charge in [-0.1, -0.05) is 13.3 Å². The predicted octanol–water partition coefficient (Wildman–Crippen LogP) is 1.87. The van der Waals surface area contributed by atoms with Crippen molar-refractivity contribution in [2.24, 2.45) is 5.92 Å². The van der Waals surface area contributed by atoms with Crippen molar-refractivity contribution < 1.29 is 14.3 Å². The molecule has 1 fully saturated rings. The van der Waals surface area contributed by atoms with Gasteiger partial charge in [-0.3, -0.25) is 4.79 Å². The number of carbonyl (C=O) groups excluding carboxylic acids is 2. The summed E-state index contributed by atoms with van der Waals surface area (Å²) in [6.07, 6.45) is 3.75. The van der Waals surface area contributed by atoms with Gasteiger partial charge < -0.3 is 9.64 Å². The van der Waals surface area contributed by atoms with E-state index < -0.39 is 12.0 Å². The Morgan fingerprint density at radius 1 is 1.42 bits per heavy atom. The van der Waals surface area contributed by atoms with Gasteiger partial charge in [0.25, 0.3) is 0 Å². The van der Waals surface area contributed by atoms with E-state index in [1.807, 2.05) is 13.0 Å². The van der Waals surface area contributed by atoms with Gasteiger partial charge in [-0.25, -0.2) is 4.79 Å². The lowest BCUT2D eigenvalue weighted by Gasteiger charge is -2.35. The number of amides is 1. The van der Waals surface area contributed by atoms with Gasteiger partial charge in [-0.15, -0.1) is 0 Å². The average Bonchev–Trinajstić information content (AvgIpc) is 2.44. The molecule has 1 saturated heterocycles. The molecule has 1 aliphatic heterocycles. The summed E-state index contributed by atoms with van der Waals surface area (Å²) in [7, 11) is 0. The summed E-state index contributed by atoms with van der Waals surface area (Å²) in [6.45, 7) is 4.55. The number of likely N-dealkylation sites (tertiary alicyclic amines) is 1. The molecular formula is C14H22N2O3. The number of nitrogens with zero attached hydrogens (tertiary/aromatic N) is 2. The topological polar surface area (TPSA) is 70.4 Å². The molecule has 0 saturated carbocycles. The SMILES string of the molecule is CCCC(C#N)C(=O)N1CCCCC1C(=O)OCC. The normalized spacial score (nSPS) is 20.5. The molecule has 0 aromatic rings. The molecule has 0 bridgehead atoms. The standard InChI is InChI=1S/C14H22N2O3/c1-3-7-11(10-15)13(17)16-9-6-5-8-12(16)14(18)19-4-2/h11-12H,3-9H2,1-2H3. The molecule has 1 aliphatic rings. The highest BCUT2D eigenvalue weighted by Crippen LogP contribution is 2.22. The van der Waals surface area contributed by atoms with Crippen molar-refractivity contribution in [1.29, 1.82) is 5.26 Å². The van der Waals surface area contributed by atoms with Gasteiger partial charge in [0.1, 0.15) is 12.0 Å². The Balaban J connectivity index is 2.78. The minimum absolute atomic E-state index is 0.220. The Hall–Kier alpha value is -1.57. The second kappa shape index (κ2) is 7.78. The summed E-state index contributed by atoms with van der Waals surface area (Å²) < 4.78 is 5.02. The Kier molecular flexibility index (Phi) is 6.34. The van der Waals surface area contributed by atoms with E-state index in [2.05, 4.69) is 0 Å². The molecule has 5 nitrogen and oxygen atoms in total. The fourth-order valence-corrected chi connectivity index (χ4v) is 2.41. The zero-order valence-electron chi connectivity index (χ0n) is 11.7. The van der Waals surface area contributed by atoms with Crippen LogP contribution in [0.4, 0.5) is 0 Å². The molecule has 2 unspecified atom stereocenters. The van der Waals surface area contributed by atoms with Gasteiger partial charge in [0.15, 0.2) is 0 Å². The van der Waals surface area contributed by atoms with Crippen LogP contribution in [0.15, 0.2) is 0 Å². The van der Waals surface area contributed by atoms with Crippen LogP contribution in [0.25, 0.3) is 0 Å². The summed E-state index contributed by atoms with van der Waals surface area (Å²) >= 11 is 0. The number of carbonyl (C=O) groups is 2. The number of hydrogen-bond acceptors (Lipinski definition) is 4. The van der Waals surface area contributed by atoms with E-state index in [-0.39, 0.29) is 11.9 Å². The first-order chi connectivity index (χ1) is 9.15. The number of piperidine rings is 1. The molecule has 0 radical (unpaired) electrons.